The van der Waals surface area contributed by atoms with E-state index >= 15 is 0 Å². The Labute approximate surface area is 92.1 Å². The van der Waals surface area contributed by atoms with Crippen molar-refractivity contribution in [3.8, 4) is 5.75 Å². The number of carboxylic acid groups (broad SMARTS) is 1. The van der Waals surface area contributed by atoms with Gasteiger partial charge in [0.1, 0.15) is 12.4 Å². The average Bonchev–Trinajstić information content (AvgIpc) is 2.26. The third-order valence-electron chi connectivity index (χ3n) is 1.75. The van der Waals surface area contributed by atoms with E-state index in [9.17, 15) is 4.79 Å². The molecule has 0 bridgehead atoms. The van der Waals surface area contributed by atoms with Crippen LogP contribution in [0.5, 0.6) is 5.75 Å². The van der Waals surface area contributed by atoms with Gasteiger partial charge in [-0.2, -0.15) is 0 Å². The van der Waals surface area contributed by atoms with Gasteiger partial charge in [0.25, 0.3) is 0 Å². The summed E-state index contributed by atoms with van der Waals surface area (Å²) >= 11 is 5.47. The number of carbonyl (C=O) groups is 1. The van der Waals surface area contributed by atoms with Crippen molar-refractivity contribution in [1.29, 1.82) is 0 Å². The normalized spacial score (nSPS) is 12.1. The fourth-order valence-electron chi connectivity index (χ4n) is 0.974. The Bertz CT molecular complexity index is 340. The molecule has 4 nitrogen and oxygen atoms in total. The van der Waals surface area contributed by atoms with Crippen LogP contribution in [0.4, 0.5) is 0 Å². The van der Waals surface area contributed by atoms with E-state index in [0.717, 1.165) is 0 Å². The number of halogens is 1. The highest BCUT2D eigenvalue weighted by Crippen LogP contribution is 2.14. The molecule has 0 heterocycles. The minimum absolute atomic E-state index is 0.0829. The van der Waals surface area contributed by atoms with E-state index in [1.807, 2.05) is 0 Å². The van der Waals surface area contributed by atoms with E-state index in [4.69, 9.17) is 26.6 Å². The Balaban J connectivity index is 2.53. The number of aliphatic hydroxyl groups is 1. The highest BCUT2D eigenvalue weighted by molar-refractivity contribution is 6.29. The van der Waals surface area contributed by atoms with Gasteiger partial charge >= 0.3 is 5.97 Å². The molecular formula is C10H11ClO4. The first kappa shape index (κ1) is 11.8. The molecule has 0 aliphatic rings. The number of alkyl halides is 1. The van der Waals surface area contributed by atoms with Gasteiger partial charge in [0, 0.05) is 0 Å². The second-order valence-electron chi connectivity index (χ2n) is 2.92. The van der Waals surface area contributed by atoms with Crippen molar-refractivity contribution in [2.75, 3.05) is 6.61 Å². The molecule has 0 saturated carbocycles. The molecule has 0 spiro atoms. The van der Waals surface area contributed by atoms with Gasteiger partial charge in [0.15, 0.2) is 5.38 Å². The van der Waals surface area contributed by atoms with E-state index in [0.29, 0.717) is 11.3 Å². The lowest BCUT2D eigenvalue weighted by Crippen LogP contribution is -2.21. The maximum absolute atomic E-state index is 10.4. The minimum Gasteiger partial charge on any atom is -0.491 e. The molecule has 0 radical (unpaired) electrons. The maximum Gasteiger partial charge on any atom is 0.325 e. The van der Waals surface area contributed by atoms with Crippen LogP contribution in [0.15, 0.2) is 24.3 Å². The third-order valence-corrected chi connectivity index (χ3v) is 2.06. The molecule has 1 unspecified atom stereocenters. The van der Waals surface area contributed by atoms with Gasteiger partial charge in [0.2, 0.25) is 0 Å². The van der Waals surface area contributed by atoms with Gasteiger partial charge in [0.05, 0.1) is 6.61 Å². The van der Waals surface area contributed by atoms with E-state index in [-0.39, 0.29) is 13.2 Å². The van der Waals surface area contributed by atoms with Crippen LogP contribution in [0, 0.1) is 0 Å². The highest BCUT2D eigenvalue weighted by Gasteiger charge is 2.13. The number of rotatable bonds is 5. The van der Waals surface area contributed by atoms with Crippen molar-refractivity contribution in [3.63, 3.8) is 0 Å². The summed E-state index contributed by atoms with van der Waals surface area (Å²) in [6, 6.07) is 6.75. The lowest BCUT2D eigenvalue weighted by atomic mass is 10.2. The molecule has 0 aliphatic heterocycles. The molecule has 82 valence electrons. The van der Waals surface area contributed by atoms with Crippen molar-refractivity contribution in [3.05, 3.63) is 29.8 Å². The molecule has 1 aromatic rings. The summed E-state index contributed by atoms with van der Waals surface area (Å²) in [5.41, 5.74) is 0.703. The van der Waals surface area contributed by atoms with Crippen LogP contribution in [0.1, 0.15) is 5.56 Å². The molecule has 1 rings (SSSR count). The number of aliphatic hydroxyl groups excluding tert-OH is 1. The average molecular weight is 231 g/mol. The number of ether oxygens (including phenoxy) is 1. The molecule has 1 aromatic carbocycles. The monoisotopic (exact) mass is 230 g/mol. The smallest absolute Gasteiger partial charge is 0.325 e. The number of hydrogen-bond acceptors (Lipinski definition) is 3. The summed E-state index contributed by atoms with van der Waals surface area (Å²) in [6.07, 6.45) is 0. The predicted molar refractivity (Wildman–Crippen MR) is 55.1 cm³/mol. The number of aliphatic carboxylic acids is 1. The summed E-state index contributed by atoms with van der Waals surface area (Å²) in [4.78, 5) is 10.4. The Morgan fingerprint density at radius 2 is 2.27 bits per heavy atom. The number of benzene rings is 1. The standard InChI is InChI=1S/C10H11ClO4/c11-9(10(13)14)6-15-8-3-1-2-7(4-8)5-12/h1-4,9,12H,5-6H2,(H,13,14). The lowest BCUT2D eigenvalue weighted by Gasteiger charge is -2.08. The van der Waals surface area contributed by atoms with E-state index in [1.54, 1.807) is 24.3 Å². The van der Waals surface area contributed by atoms with E-state index < -0.39 is 11.3 Å². The first-order valence-corrected chi connectivity index (χ1v) is 4.76. The van der Waals surface area contributed by atoms with Crippen LogP contribution < -0.4 is 4.74 Å². The molecule has 0 saturated heterocycles. The van der Waals surface area contributed by atoms with Crippen molar-refractivity contribution in [1.82, 2.24) is 0 Å². The summed E-state index contributed by atoms with van der Waals surface area (Å²) in [5, 5.41) is 16.3. The number of carboxylic acids is 1. The van der Waals surface area contributed by atoms with E-state index in [1.165, 1.54) is 0 Å². The van der Waals surface area contributed by atoms with Crippen LogP contribution in [0.25, 0.3) is 0 Å². The Hall–Kier alpha value is -1.26. The Morgan fingerprint density at radius 3 is 2.87 bits per heavy atom. The zero-order chi connectivity index (χ0) is 11.3. The molecule has 2 N–H and O–H groups in total. The predicted octanol–water partition coefficient (Wildman–Crippen LogP) is 1.25. The lowest BCUT2D eigenvalue weighted by molar-refractivity contribution is -0.137. The molecule has 1 atom stereocenters. The van der Waals surface area contributed by atoms with Crippen LogP contribution >= 0.6 is 11.6 Å². The van der Waals surface area contributed by atoms with Crippen molar-refractivity contribution >= 4 is 17.6 Å². The van der Waals surface area contributed by atoms with Gasteiger partial charge in [-0.15, -0.1) is 11.6 Å². The van der Waals surface area contributed by atoms with Crippen LogP contribution in [0.2, 0.25) is 0 Å². The molecule has 0 aliphatic carbocycles. The first-order valence-electron chi connectivity index (χ1n) is 4.33. The van der Waals surface area contributed by atoms with Gasteiger partial charge in [-0.25, -0.2) is 0 Å². The van der Waals surface area contributed by atoms with Crippen molar-refractivity contribution in [2.24, 2.45) is 0 Å². The SMILES string of the molecule is O=C(O)C(Cl)COc1cccc(CO)c1. The molecule has 0 amide bonds. The maximum atomic E-state index is 10.4. The summed E-state index contributed by atoms with van der Waals surface area (Å²) in [7, 11) is 0. The molecular weight excluding hydrogens is 220 g/mol. The van der Waals surface area contributed by atoms with E-state index in [2.05, 4.69) is 0 Å². The van der Waals surface area contributed by atoms with Crippen LogP contribution in [-0.2, 0) is 11.4 Å². The zero-order valence-electron chi connectivity index (χ0n) is 7.89. The topological polar surface area (TPSA) is 66.8 Å². The number of hydrogen-bond donors (Lipinski definition) is 2. The summed E-state index contributed by atoms with van der Waals surface area (Å²) in [6.45, 7) is -0.188. The van der Waals surface area contributed by atoms with Gasteiger partial charge in [-0.3, -0.25) is 4.79 Å². The van der Waals surface area contributed by atoms with Gasteiger partial charge < -0.3 is 14.9 Å². The Kier molecular flexibility index (Phi) is 4.39. The minimum atomic E-state index is -1.12. The fraction of sp³-hybridized carbons (Fsp3) is 0.300. The van der Waals surface area contributed by atoms with Gasteiger partial charge in [-0.05, 0) is 17.7 Å². The summed E-state index contributed by atoms with van der Waals surface area (Å²) < 4.78 is 5.15. The zero-order valence-corrected chi connectivity index (χ0v) is 8.65. The highest BCUT2D eigenvalue weighted by atomic mass is 35.5. The molecule has 15 heavy (non-hydrogen) atoms. The largest absolute Gasteiger partial charge is 0.491 e. The van der Waals surface area contributed by atoms with Crippen molar-refractivity contribution < 1.29 is 19.7 Å². The fourth-order valence-corrected chi connectivity index (χ4v) is 1.04. The van der Waals surface area contributed by atoms with Crippen molar-refractivity contribution in [2.45, 2.75) is 12.0 Å². The third kappa shape index (κ3) is 3.77. The second kappa shape index (κ2) is 5.58. The quantitative estimate of drug-likeness (QED) is 0.748. The molecule has 5 heteroatoms. The summed E-state index contributed by atoms with van der Waals surface area (Å²) in [5.74, 6) is -0.622. The molecule has 0 aromatic heterocycles. The molecule has 0 fully saturated rings. The van der Waals surface area contributed by atoms with Crippen LogP contribution in [0.3, 0.4) is 0 Å². The first-order chi connectivity index (χ1) is 7.13. The second-order valence-corrected chi connectivity index (χ2v) is 3.45. The van der Waals surface area contributed by atoms with Gasteiger partial charge in [-0.1, -0.05) is 12.1 Å². The van der Waals surface area contributed by atoms with Crippen LogP contribution in [-0.4, -0.2) is 28.2 Å². The Morgan fingerprint density at radius 1 is 1.53 bits per heavy atom.